The minimum absolute atomic E-state index is 0.0318. The van der Waals surface area contributed by atoms with Crippen molar-refractivity contribution in [3.63, 3.8) is 0 Å². The molecule has 0 radical (unpaired) electrons. The summed E-state index contributed by atoms with van der Waals surface area (Å²) in [5.74, 6) is -1.56. The van der Waals surface area contributed by atoms with Gasteiger partial charge in [0.25, 0.3) is 0 Å². The van der Waals surface area contributed by atoms with Crippen LogP contribution in [0.4, 0.5) is 18.4 Å². The van der Waals surface area contributed by atoms with Gasteiger partial charge in [0.2, 0.25) is 17.7 Å². The first kappa shape index (κ1) is 41.6. The number of alkyl carbamates (subject to hydrolysis) is 2. The van der Waals surface area contributed by atoms with E-state index in [2.05, 4.69) is 57.0 Å². The molecule has 4 aromatic rings. The molecule has 0 bridgehead atoms. The Morgan fingerprint density at radius 3 is 1.77 bits per heavy atom. The quantitative estimate of drug-likeness (QED) is 0.120. The SMILES string of the molecule is COC(=O)N[C@H](C(=O)N1[C@H](c2ncc(-c3ccc(-c4ccc(-c5cnc([C@@H]6CC78CC7(C8)N6C(=O)[C@@H](NC(=O)OC)C6CCC(F)(F)CC6)[nH]5)cc4)cc3)[nH]2)C[C@]23CC2[C@@H]13)C1CCOCC1. The molecule has 2 aromatic heterocycles. The molecule has 346 valence electrons. The van der Waals surface area contributed by atoms with Gasteiger partial charge in [0.05, 0.1) is 55.6 Å². The van der Waals surface area contributed by atoms with E-state index in [-0.39, 0.29) is 77.9 Å². The molecule has 7 atom stereocenters. The third-order valence-corrected chi connectivity index (χ3v) is 17.1. The molecule has 4 N–H and O–H groups in total. The summed E-state index contributed by atoms with van der Waals surface area (Å²) >= 11 is 0. The van der Waals surface area contributed by atoms with Gasteiger partial charge in [0, 0.05) is 37.5 Å². The second-order valence-electron chi connectivity index (χ2n) is 20.4. The molecule has 1 spiro atoms. The largest absolute Gasteiger partial charge is 0.453 e. The van der Waals surface area contributed by atoms with Crippen LogP contribution in [0.1, 0.15) is 94.4 Å². The Bertz CT molecular complexity index is 2590. The van der Waals surface area contributed by atoms with Crippen molar-refractivity contribution < 1.29 is 42.2 Å². The van der Waals surface area contributed by atoms with Crippen LogP contribution in [-0.4, -0.2) is 111 Å². The van der Waals surface area contributed by atoms with Crippen molar-refractivity contribution in [3.8, 4) is 33.6 Å². The molecule has 12 rings (SSSR count). The molecule has 15 nitrogen and oxygen atoms in total. The number of amides is 4. The van der Waals surface area contributed by atoms with E-state index >= 15 is 0 Å². The first-order chi connectivity index (χ1) is 31.9. The van der Waals surface area contributed by atoms with Gasteiger partial charge in [-0.05, 0) is 103 Å². The Hall–Kier alpha value is -5.84. The predicted molar refractivity (Wildman–Crippen MR) is 233 cm³/mol. The summed E-state index contributed by atoms with van der Waals surface area (Å²) in [5.41, 5.74) is 5.62. The number of imidazole rings is 2. The Morgan fingerprint density at radius 1 is 0.712 bits per heavy atom. The van der Waals surface area contributed by atoms with Crippen LogP contribution in [0.2, 0.25) is 0 Å². The highest BCUT2D eigenvalue weighted by Crippen LogP contribution is 2.89. The molecule has 8 fully saturated rings. The maximum Gasteiger partial charge on any atom is 0.407 e. The first-order valence-electron chi connectivity index (χ1n) is 23.5. The number of benzene rings is 2. The number of methoxy groups -OCH3 is 2. The number of aromatic nitrogens is 4. The lowest BCUT2D eigenvalue weighted by Crippen LogP contribution is -2.55. The second-order valence-corrected chi connectivity index (χ2v) is 20.4. The van der Waals surface area contributed by atoms with Gasteiger partial charge in [-0.1, -0.05) is 48.5 Å². The number of hydrogen-bond donors (Lipinski definition) is 4. The summed E-state index contributed by atoms with van der Waals surface area (Å²) in [4.78, 5) is 74.3. The third-order valence-electron chi connectivity index (χ3n) is 17.1. The predicted octanol–water partition coefficient (Wildman–Crippen LogP) is 7.30. The zero-order valence-electron chi connectivity index (χ0n) is 37.0. The van der Waals surface area contributed by atoms with Gasteiger partial charge in [0.15, 0.2) is 0 Å². The number of ether oxygens (including phenoxy) is 3. The molecule has 3 saturated heterocycles. The fourth-order valence-electron chi connectivity index (χ4n) is 12.9. The van der Waals surface area contributed by atoms with Crippen molar-refractivity contribution in [3.05, 3.63) is 72.6 Å². The number of aromatic amines is 2. The summed E-state index contributed by atoms with van der Waals surface area (Å²) in [5, 5.41) is 5.59. The van der Waals surface area contributed by atoms with Crippen LogP contribution in [0.25, 0.3) is 33.6 Å². The summed E-state index contributed by atoms with van der Waals surface area (Å²) in [6.45, 7) is 1.11. The summed E-state index contributed by atoms with van der Waals surface area (Å²) in [6, 6.07) is 14.5. The fourth-order valence-corrected chi connectivity index (χ4v) is 12.9. The zero-order valence-corrected chi connectivity index (χ0v) is 37.0. The van der Waals surface area contributed by atoms with E-state index < -0.39 is 36.1 Å². The maximum atomic E-state index is 14.5. The lowest BCUT2D eigenvalue weighted by molar-refractivity contribution is -0.141. The molecule has 5 aliphatic carbocycles. The number of nitrogens with zero attached hydrogens (tertiary/aromatic N) is 4. The lowest BCUT2D eigenvalue weighted by Gasteiger charge is -2.39. The molecule has 66 heavy (non-hydrogen) atoms. The number of nitrogens with one attached hydrogen (secondary N) is 4. The van der Waals surface area contributed by atoms with Gasteiger partial charge < -0.3 is 44.6 Å². The Morgan fingerprint density at radius 2 is 1.23 bits per heavy atom. The number of carbonyl (C=O) groups is 4. The van der Waals surface area contributed by atoms with Crippen LogP contribution in [0, 0.1) is 28.6 Å². The van der Waals surface area contributed by atoms with Gasteiger partial charge in [-0.2, -0.15) is 0 Å². The molecule has 3 aliphatic heterocycles. The van der Waals surface area contributed by atoms with Gasteiger partial charge in [-0.15, -0.1) is 0 Å². The van der Waals surface area contributed by atoms with Crippen LogP contribution in [0.15, 0.2) is 60.9 Å². The van der Waals surface area contributed by atoms with Gasteiger partial charge >= 0.3 is 12.2 Å². The number of likely N-dealkylation sites (tertiary alicyclic amines) is 2. The molecule has 1 unspecified atom stereocenters. The second kappa shape index (κ2) is 14.8. The molecule has 5 saturated carbocycles. The Balaban J connectivity index is 0.726. The van der Waals surface area contributed by atoms with E-state index in [1.165, 1.54) is 14.2 Å². The number of piperidine rings is 3. The van der Waals surface area contributed by atoms with Crippen LogP contribution in [0.5, 0.6) is 0 Å². The molecule has 5 heterocycles. The molecule has 8 aliphatic rings. The van der Waals surface area contributed by atoms with Crippen LogP contribution < -0.4 is 10.6 Å². The van der Waals surface area contributed by atoms with E-state index in [1.807, 2.05) is 28.1 Å². The fraction of sp³-hybridized carbons (Fsp3) is 0.551. The van der Waals surface area contributed by atoms with E-state index in [9.17, 15) is 28.0 Å². The van der Waals surface area contributed by atoms with Gasteiger partial charge in [0.1, 0.15) is 23.7 Å². The van der Waals surface area contributed by atoms with E-state index in [0.717, 1.165) is 71.6 Å². The highest BCUT2D eigenvalue weighted by molar-refractivity contribution is 5.89. The Labute approximate surface area is 380 Å². The normalized spacial score (nSPS) is 31.9. The lowest BCUT2D eigenvalue weighted by atomic mass is 9.81. The number of fused-ring (bicyclic) bond motifs is 1. The first-order valence-corrected chi connectivity index (χ1v) is 23.5. The van der Waals surface area contributed by atoms with Crippen LogP contribution in [-0.2, 0) is 23.8 Å². The summed E-state index contributed by atoms with van der Waals surface area (Å²) in [6.07, 6.45) is 7.89. The number of halogens is 2. The van der Waals surface area contributed by atoms with Crippen molar-refractivity contribution in [2.24, 2.45) is 28.6 Å². The number of hydrogen-bond acceptors (Lipinski definition) is 9. The molecular weight excluding hydrogens is 851 g/mol. The van der Waals surface area contributed by atoms with E-state index in [0.29, 0.717) is 37.8 Å². The van der Waals surface area contributed by atoms with Crippen LogP contribution >= 0.6 is 0 Å². The number of carbonyl (C=O) groups excluding carboxylic acids is 4. The van der Waals surface area contributed by atoms with E-state index in [1.54, 1.807) is 6.20 Å². The molecular formula is C49H54F2N8O7. The average molecular weight is 905 g/mol. The summed E-state index contributed by atoms with van der Waals surface area (Å²) < 4.78 is 43.7. The summed E-state index contributed by atoms with van der Waals surface area (Å²) in [7, 11) is 2.55. The van der Waals surface area contributed by atoms with Gasteiger partial charge in [-0.25, -0.2) is 28.3 Å². The third kappa shape index (κ3) is 6.56. The average Bonchev–Trinajstić information content (AvgIpc) is 4.21. The molecule has 4 amide bonds. The van der Waals surface area contributed by atoms with Crippen molar-refractivity contribution in [2.75, 3.05) is 27.4 Å². The van der Waals surface area contributed by atoms with Crippen LogP contribution in [0.3, 0.4) is 0 Å². The maximum absolute atomic E-state index is 14.5. The highest BCUT2D eigenvalue weighted by Gasteiger charge is 2.91. The Kier molecular flexibility index (Phi) is 9.34. The topological polar surface area (TPSA) is 184 Å². The monoisotopic (exact) mass is 904 g/mol. The minimum Gasteiger partial charge on any atom is -0.453 e. The number of alkyl halides is 2. The number of rotatable bonds is 11. The van der Waals surface area contributed by atoms with Crippen molar-refractivity contribution in [1.29, 1.82) is 0 Å². The molecule has 2 aromatic carbocycles. The zero-order chi connectivity index (χ0) is 45.3. The smallest absolute Gasteiger partial charge is 0.407 e. The van der Waals surface area contributed by atoms with Gasteiger partial charge in [-0.3, -0.25) is 9.59 Å². The highest BCUT2D eigenvalue weighted by atomic mass is 19.3. The standard InChI is InChI=1S/C49H54F2N8O7/c1-64-44(62)56-37(31-13-17-66-18-14-31)42(60)58-35(21-47-19-32(47)39(47)58)40-52-22-33(54-40)28-7-3-26(4-8-28)27-5-9-29(10-6-27)34-23-53-41(55-34)36-20-46-24-48(46,25-46)59(36)43(61)38(57-45(63)65-2)30-11-15-49(50,51)16-12-30/h3-10,22-23,30-32,35-39H,11-21,24-25H2,1-2H3,(H,52,54)(H,53,55)(H,56,62)(H,57,63)/t32?,35-,36-,37-,38-,39+,46?,47+,48?/m0/s1. The molecule has 17 heteroatoms. The van der Waals surface area contributed by atoms with Crippen molar-refractivity contribution in [1.82, 2.24) is 40.4 Å². The van der Waals surface area contributed by atoms with E-state index in [4.69, 9.17) is 24.2 Å². The van der Waals surface area contributed by atoms with Crippen molar-refractivity contribution >= 4 is 24.0 Å². The minimum atomic E-state index is -2.76. The number of H-pyrrole nitrogens is 2. The van der Waals surface area contributed by atoms with Crippen molar-refractivity contribution in [2.45, 2.75) is 112 Å².